The van der Waals surface area contributed by atoms with E-state index in [1.807, 2.05) is 55.1 Å². The van der Waals surface area contributed by atoms with Crippen LogP contribution >= 0.6 is 0 Å². The Morgan fingerprint density at radius 3 is 2.28 bits per heavy atom. The van der Waals surface area contributed by atoms with Crippen molar-refractivity contribution < 1.29 is 9.59 Å². The Kier molecular flexibility index (Phi) is 12.1. The summed E-state index contributed by atoms with van der Waals surface area (Å²) < 4.78 is 0. The van der Waals surface area contributed by atoms with Crippen molar-refractivity contribution in [3.8, 4) is 0 Å². The van der Waals surface area contributed by atoms with E-state index >= 15 is 0 Å². The van der Waals surface area contributed by atoms with Crippen LogP contribution < -0.4 is 10.2 Å². The molecule has 256 valence electrons. The number of imidazole rings is 1. The van der Waals surface area contributed by atoms with Crippen LogP contribution in [0.2, 0.25) is 0 Å². The van der Waals surface area contributed by atoms with Gasteiger partial charge in [0, 0.05) is 48.8 Å². The Bertz CT molecular complexity index is 1500. The van der Waals surface area contributed by atoms with Crippen LogP contribution in [0, 0.1) is 30.6 Å². The number of anilines is 1. The van der Waals surface area contributed by atoms with Gasteiger partial charge in [0.05, 0.1) is 5.69 Å². The molecule has 0 spiro atoms. The third-order valence-corrected chi connectivity index (χ3v) is 9.69. The predicted molar refractivity (Wildman–Crippen MR) is 194 cm³/mol. The molecule has 1 aromatic heterocycles. The Morgan fingerprint density at radius 1 is 0.957 bits per heavy atom. The molecule has 2 aliphatic heterocycles. The molecule has 47 heavy (non-hydrogen) atoms. The van der Waals surface area contributed by atoms with E-state index in [2.05, 4.69) is 74.7 Å². The number of carbonyl (C=O) groups is 2. The maximum Gasteiger partial charge on any atom is 0.258 e. The Morgan fingerprint density at radius 2 is 1.64 bits per heavy atom. The minimum atomic E-state index is -0.00920. The molecule has 0 radical (unpaired) electrons. The predicted octanol–water partition coefficient (Wildman–Crippen LogP) is 8.03. The van der Waals surface area contributed by atoms with Crippen LogP contribution in [0.25, 0.3) is 0 Å². The highest BCUT2D eigenvalue weighted by Crippen LogP contribution is 2.29. The summed E-state index contributed by atoms with van der Waals surface area (Å²) >= 11 is 0. The van der Waals surface area contributed by atoms with Crippen LogP contribution in [-0.2, 0) is 24.2 Å². The van der Waals surface area contributed by atoms with E-state index in [-0.39, 0.29) is 17.7 Å². The van der Waals surface area contributed by atoms with Crippen LogP contribution in [0.1, 0.15) is 118 Å². The molecule has 2 aliphatic rings. The highest BCUT2D eigenvalue weighted by Gasteiger charge is 2.27. The lowest BCUT2D eigenvalue weighted by Gasteiger charge is -2.33. The number of aromatic nitrogens is 2. The number of aromatic amines is 1. The topological polar surface area (TPSA) is 81.3 Å². The van der Waals surface area contributed by atoms with Crippen LogP contribution in [0.4, 0.5) is 5.69 Å². The molecule has 2 aromatic carbocycles. The summed E-state index contributed by atoms with van der Waals surface area (Å²) in [4.78, 5) is 39.3. The molecule has 2 N–H and O–H groups in total. The molecule has 3 aromatic rings. The second-order valence-electron chi connectivity index (χ2n) is 16.0. The molecule has 0 atom stereocenters. The van der Waals surface area contributed by atoms with Gasteiger partial charge in [-0.3, -0.25) is 9.59 Å². The molecular formula is C40H59N5O2. The Hall–Kier alpha value is -3.45. The number of benzene rings is 2. The van der Waals surface area contributed by atoms with E-state index in [1.54, 1.807) is 0 Å². The van der Waals surface area contributed by atoms with E-state index < -0.39 is 0 Å². The van der Waals surface area contributed by atoms with Gasteiger partial charge in [0.25, 0.3) is 5.91 Å². The molecule has 1 fully saturated rings. The van der Waals surface area contributed by atoms with Crippen LogP contribution in [-0.4, -0.2) is 52.9 Å². The number of H-pyrrole nitrogens is 1. The number of aryl methyl sites for hydroxylation is 2. The van der Waals surface area contributed by atoms with Crippen molar-refractivity contribution in [1.82, 2.24) is 20.2 Å². The molecule has 0 unspecified atom stereocenters. The normalized spacial score (nSPS) is 15.9. The maximum atomic E-state index is 13.8. The fraction of sp³-hybridized carbons (Fsp3) is 0.575. The average molecular weight is 642 g/mol. The van der Waals surface area contributed by atoms with E-state index in [0.717, 1.165) is 78.5 Å². The minimum Gasteiger partial charge on any atom is -0.352 e. The summed E-state index contributed by atoms with van der Waals surface area (Å²) in [6.45, 7) is 23.9. The first kappa shape index (κ1) is 36.4. The lowest BCUT2D eigenvalue weighted by atomic mass is 9.90. The van der Waals surface area contributed by atoms with Gasteiger partial charge >= 0.3 is 0 Å². The van der Waals surface area contributed by atoms with Crippen molar-refractivity contribution in [2.75, 3.05) is 31.1 Å². The van der Waals surface area contributed by atoms with Gasteiger partial charge in [-0.05, 0) is 98.5 Å². The molecule has 1 saturated heterocycles. The van der Waals surface area contributed by atoms with Gasteiger partial charge in [-0.15, -0.1) is 0 Å². The molecule has 3 heterocycles. The van der Waals surface area contributed by atoms with Crippen molar-refractivity contribution in [2.45, 2.75) is 107 Å². The average Bonchev–Trinajstić information content (AvgIpc) is 3.36. The van der Waals surface area contributed by atoms with Gasteiger partial charge in [-0.1, -0.05) is 79.2 Å². The summed E-state index contributed by atoms with van der Waals surface area (Å²) in [5, 5.41) is 3.17. The number of nitrogens with one attached hydrogen (secondary N) is 2. The zero-order valence-corrected chi connectivity index (χ0v) is 30.6. The first-order valence-electron chi connectivity index (χ1n) is 17.7. The van der Waals surface area contributed by atoms with Gasteiger partial charge in [0.15, 0.2) is 0 Å². The zero-order chi connectivity index (χ0) is 34.4. The number of fused-ring (bicyclic) bond motifs is 2. The van der Waals surface area contributed by atoms with Crippen molar-refractivity contribution in [1.29, 1.82) is 0 Å². The van der Waals surface area contributed by atoms with E-state index in [1.165, 1.54) is 12.8 Å². The fourth-order valence-corrected chi connectivity index (χ4v) is 6.03. The molecule has 5 rings (SSSR count). The monoisotopic (exact) mass is 641 g/mol. The fourth-order valence-electron chi connectivity index (χ4n) is 6.03. The summed E-state index contributed by atoms with van der Waals surface area (Å²) in [7, 11) is 0. The number of likely N-dealkylation sites (tertiary alicyclic amines) is 1. The number of hydrogen-bond acceptors (Lipinski definition) is 4. The number of piperidine rings is 1. The minimum absolute atomic E-state index is 0.00920. The lowest BCUT2D eigenvalue weighted by Crippen LogP contribution is -2.41. The van der Waals surface area contributed by atoms with Crippen molar-refractivity contribution >= 4 is 17.5 Å². The van der Waals surface area contributed by atoms with Crippen molar-refractivity contribution in [2.24, 2.45) is 16.7 Å². The molecular weight excluding hydrogens is 582 g/mol. The quantitative estimate of drug-likeness (QED) is 0.286. The van der Waals surface area contributed by atoms with Gasteiger partial charge in [-0.2, -0.15) is 0 Å². The first-order chi connectivity index (χ1) is 22.1. The van der Waals surface area contributed by atoms with Crippen LogP contribution in [0.15, 0.2) is 42.5 Å². The second-order valence-corrected chi connectivity index (χ2v) is 16.0. The number of carbonyl (C=O) groups excluding carboxylic acids is 2. The maximum absolute atomic E-state index is 13.8. The highest BCUT2D eigenvalue weighted by atomic mass is 16.2. The molecule has 0 bridgehead atoms. The molecule has 0 saturated carbocycles. The summed E-state index contributed by atoms with van der Waals surface area (Å²) in [6.07, 6.45) is 5.71. The summed E-state index contributed by atoms with van der Waals surface area (Å²) in [5.74, 6) is 1.12. The summed E-state index contributed by atoms with van der Waals surface area (Å²) in [6, 6.07) is 14.0. The lowest BCUT2D eigenvalue weighted by molar-refractivity contribution is -0.126. The molecule has 0 aliphatic carbocycles. The second kappa shape index (κ2) is 15.6. The molecule has 2 amide bonds. The van der Waals surface area contributed by atoms with Crippen LogP contribution in [0.3, 0.4) is 0 Å². The van der Waals surface area contributed by atoms with Crippen molar-refractivity contribution in [3.63, 3.8) is 0 Å². The molecule has 7 nitrogen and oxygen atoms in total. The smallest absolute Gasteiger partial charge is 0.258 e. The van der Waals surface area contributed by atoms with Crippen molar-refractivity contribution in [3.05, 3.63) is 81.9 Å². The third-order valence-electron chi connectivity index (χ3n) is 9.69. The van der Waals surface area contributed by atoms with Gasteiger partial charge in [0.2, 0.25) is 5.91 Å². The Labute approximate surface area is 283 Å². The number of amides is 2. The third kappa shape index (κ3) is 10.5. The van der Waals surface area contributed by atoms with E-state index in [0.29, 0.717) is 35.9 Å². The largest absolute Gasteiger partial charge is 0.352 e. The van der Waals surface area contributed by atoms with Gasteiger partial charge < -0.3 is 20.1 Å². The highest BCUT2D eigenvalue weighted by molar-refractivity contribution is 6.06. The Balaban J connectivity index is 0.000000762. The number of rotatable bonds is 6. The SMILES string of the molecule is CCC(C)(C)C.Cc1nc2c([nH]1)Cc1ccccc1N(C(=O)c1ccc(CNC(=O)C3CCN(CCC(C)(C)C)CC3)c(C)c1)CC2. The van der Waals surface area contributed by atoms with E-state index in [9.17, 15) is 9.59 Å². The zero-order valence-electron chi connectivity index (χ0n) is 30.6. The van der Waals surface area contributed by atoms with Gasteiger partial charge in [0.1, 0.15) is 5.82 Å². The summed E-state index contributed by atoms with van der Waals surface area (Å²) in [5.41, 5.74) is 7.83. The van der Waals surface area contributed by atoms with Crippen LogP contribution in [0.5, 0.6) is 0 Å². The number of para-hydroxylation sites is 1. The number of hydrogen-bond donors (Lipinski definition) is 2. The number of nitrogens with zero attached hydrogens (tertiary/aromatic N) is 3. The van der Waals surface area contributed by atoms with E-state index in [4.69, 9.17) is 0 Å². The standard InChI is InChI=1S/C34H45N5O2.C6H14/c1-23-20-27(10-11-28(23)22-35-32(40)25-12-16-38(17-13-25)19-15-34(3,4)5)33(41)39-18-14-29-30(37-24(2)36-29)21-26-8-6-7-9-31(26)39;1-5-6(2,3)4/h6-11,20,25H,12-19,21-22H2,1-5H3,(H,35,40)(H,36,37);5H2,1-4H3. The van der Waals surface area contributed by atoms with Gasteiger partial charge in [-0.25, -0.2) is 4.98 Å². The first-order valence-corrected chi connectivity index (χ1v) is 17.7. The molecule has 7 heteroatoms.